The van der Waals surface area contributed by atoms with Gasteiger partial charge in [0.1, 0.15) is 3.53 Å². The van der Waals surface area contributed by atoms with Gasteiger partial charge in [0.2, 0.25) is 12.1 Å². The Kier molecular flexibility index (Phi) is 5.05. The van der Waals surface area contributed by atoms with Crippen molar-refractivity contribution in [2.45, 2.75) is 43.5 Å². The number of β-lactam (4-membered cyclic amide) rings is 1. The number of carboxylic acids is 1. The van der Waals surface area contributed by atoms with Crippen molar-refractivity contribution in [1.82, 2.24) is 4.90 Å². The first-order valence-electron chi connectivity index (χ1n) is 5.23. The number of likely N-dealkylation sites (tertiary alicyclic amines) is 1. The summed E-state index contributed by atoms with van der Waals surface area (Å²) < 4.78 is 0.608. The summed E-state index contributed by atoms with van der Waals surface area (Å²) in [4.78, 5) is 22.9. The van der Waals surface area contributed by atoms with E-state index in [2.05, 4.69) is 0 Å². The highest BCUT2D eigenvalue weighted by Crippen LogP contribution is 2.38. The molecule has 1 aliphatic heterocycles. The summed E-state index contributed by atoms with van der Waals surface area (Å²) in [6.07, 6.45) is -1.58. The Morgan fingerprint density at radius 3 is 2.50 bits per heavy atom. The molecular weight excluding hydrogens is 294 g/mol. The standard InChI is InChI=1S/C10H15NO4S3/c1-10(2,3)18-9(16)17-6-4-5(12)11(6)7(13)8(14)15/h6-7,13H,4H2,1-3H3,(H,14,15). The van der Waals surface area contributed by atoms with Crippen LogP contribution in [0.2, 0.25) is 0 Å². The van der Waals surface area contributed by atoms with Crippen LogP contribution in [0.15, 0.2) is 0 Å². The van der Waals surface area contributed by atoms with Crippen molar-refractivity contribution >= 4 is 51.1 Å². The van der Waals surface area contributed by atoms with E-state index >= 15 is 0 Å². The van der Waals surface area contributed by atoms with E-state index in [-0.39, 0.29) is 22.4 Å². The molecule has 2 unspecified atom stereocenters. The van der Waals surface area contributed by atoms with Gasteiger partial charge in [-0.1, -0.05) is 44.8 Å². The summed E-state index contributed by atoms with van der Waals surface area (Å²) in [7, 11) is 0. The molecule has 102 valence electrons. The van der Waals surface area contributed by atoms with Gasteiger partial charge in [-0.15, -0.1) is 11.8 Å². The smallest absolute Gasteiger partial charge is 0.354 e. The van der Waals surface area contributed by atoms with Gasteiger partial charge in [-0.05, 0) is 0 Å². The molecule has 0 radical (unpaired) electrons. The zero-order chi connectivity index (χ0) is 14.1. The van der Waals surface area contributed by atoms with Crippen LogP contribution in [0.3, 0.4) is 0 Å². The molecule has 1 saturated heterocycles. The molecule has 2 N–H and O–H groups in total. The Bertz CT molecular complexity index is 380. The van der Waals surface area contributed by atoms with E-state index in [1.807, 2.05) is 20.8 Å². The highest BCUT2D eigenvalue weighted by molar-refractivity contribution is 8.47. The number of amides is 1. The van der Waals surface area contributed by atoms with E-state index in [9.17, 15) is 14.7 Å². The molecule has 0 saturated carbocycles. The highest BCUT2D eigenvalue weighted by Gasteiger charge is 2.44. The molecule has 8 heteroatoms. The van der Waals surface area contributed by atoms with Crippen molar-refractivity contribution < 1.29 is 19.8 Å². The lowest BCUT2D eigenvalue weighted by Crippen LogP contribution is -2.58. The molecule has 0 aromatic carbocycles. The number of carbonyl (C=O) groups is 2. The summed E-state index contributed by atoms with van der Waals surface area (Å²) in [5, 5.41) is 17.7. The van der Waals surface area contributed by atoms with Gasteiger partial charge in [-0.2, -0.15) is 0 Å². The molecule has 1 aliphatic rings. The maximum absolute atomic E-state index is 11.3. The summed E-state index contributed by atoms with van der Waals surface area (Å²) in [6.45, 7) is 6.04. The number of hydrogen-bond donors (Lipinski definition) is 2. The van der Waals surface area contributed by atoms with E-state index in [4.69, 9.17) is 17.3 Å². The molecule has 2 atom stereocenters. The third kappa shape index (κ3) is 4.11. The highest BCUT2D eigenvalue weighted by atomic mass is 32.2. The number of aliphatic carboxylic acids is 1. The molecule has 1 rings (SSSR count). The number of aliphatic hydroxyl groups excluding tert-OH is 1. The Balaban J connectivity index is 2.56. The minimum atomic E-state index is -1.79. The average Bonchev–Trinajstić information content (AvgIpc) is 2.13. The van der Waals surface area contributed by atoms with Gasteiger partial charge in [0, 0.05) is 4.75 Å². The monoisotopic (exact) mass is 309 g/mol. The molecule has 0 spiro atoms. The van der Waals surface area contributed by atoms with Crippen LogP contribution in [-0.4, -0.2) is 46.9 Å². The maximum atomic E-state index is 11.3. The van der Waals surface area contributed by atoms with Gasteiger partial charge in [0.05, 0.1) is 11.8 Å². The Morgan fingerprint density at radius 2 is 2.11 bits per heavy atom. The molecule has 1 heterocycles. The first-order chi connectivity index (χ1) is 8.11. The first-order valence-corrected chi connectivity index (χ1v) is 7.34. The zero-order valence-electron chi connectivity index (χ0n) is 10.2. The molecule has 1 fully saturated rings. The SMILES string of the molecule is CC(C)(C)SC(=S)SC1CC(=O)N1C(O)C(=O)O. The summed E-state index contributed by atoms with van der Waals surface area (Å²) in [6, 6.07) is 0. The van der Waals surface area contributed by atoms with Crippen molar-refractivity contribution in [3.63, 3.8) is 0 Å². The van der Waals surface area contributed by atoms with Crippen LogP contribution in [0.5, 0.6) is 0 Å². The summed E-state index contributed by atoms with van der Waals surface area (Å²) >= 11 is 7.91. The number of hydrogen-bond acceptors (Lipinski definition) is 6. The topological polar surface area (TPSA) is 77.8 Å². The second kappa shape index (κ2) is 5.77. The van der Waals surface area contributed by atoms with Gasteiger partial charge < -0.3 is 10.2 Å². The fourth-order valence-electron chi connectivity index (χ4n) is 1.30. The van der Waals surface area contributed by atoms with Crippen LogP contribution in [0.25, 0.3) is 0 Å². The van der Waals surface area contributed by atoms with Gasteiger partial charge in [-0.3, -0.25) is 9.69 Å². The van der Waals surface area contributed by atoms with E-state index in [0.717, 1.165) is 4.90 Å². The second-order valence-corrected chi connectivity index (χ2v) is 8.96. The minimum absolute atomic E-state index is 0.0336. The van der Waals surface area contributed by atoms with Crippen LogP contribution in [0, 0.1) is 0 Å². The van der Waals surface area contributed by atoms with Crippen molar-refractivity contribution in [1.29, 1.82) is 0 Å². The van der Waals surface area contributed by atoms with Crippen LogP contribution in [0.1, 0.15) is 27.2 Å². The van der Waals surface area contributed by atoms with E-state index in [1.165, 1.54) is 23.5 Å². The van der Waals surface area contributed by atoms with Crippen molar-refractivity contribution in [2.75, 3.05) is 0 Å². The number of thiocarbonyl (C=S) groups is 1. The lowest BCUT2D eigenvalue weighted by molar-refractivity contribution is -0.174. The largest absolute Gasteiger partial charge is 0.478 e. The van der Waals surface area contributed by atoms with Gasteiger partial charge in [0.15, 0.2) is 0 Å². The normalized spacial score (nSPS) is 21.4. The van der Waals surface area contributed by atoms with Gasteiger partial charge >= 0.3 is 5.97 Å². The maximum Gasteiger partial charge on any atom is 0.354 e. The van der Waals surface area contributed by atoms with Crippen LogP contribution < -0.4 is 0 Å². The molecule has 0 aliphatic carbocycles. The first kappa shape index (κ1) is 15.7. The predicted octanol–water partition coefficient (Wildman–Crippen LogP) is 1.50. The van der Waals surface area contributed by atoms with E-state index in [0.29, 0.717) is 3.53 Å². The van der Waals surface area contributed by atoms with E-state index < -0.39 is 12.2 Å². The third-order valence-electron chi connectivity index (χ3n) is 2.05. The molecule has 5 nitrogen and oxygen atoms in total. The summed E-state index contributed by atoms with van der Waals surface area (Å²) in [5.74, 6) is -1.80. The summed E-state index contributed by atoms with van der Waals surface area (Å²) in [5.41, 5.74) is 0. The van der Waals surface area contributed by atoms with Gasteiger partial charge in [0.25, 0.3) is 0 Å². The zero-order valence-corrected chi connectivity index (χ0v) is 12.7. The van der Waals surface area contributed by atoms with E-state index in [1.54, 1.807) is 0 Å². The average molecular weight is 309 g/mol. The number of rotatable bonds is 3. The molecule has 0 bridgehead atoms. The molecule has 1 amide bonds. The quantitative estimate of drug-likeness (QED) is 0.604. The number of aliphatic hydroxyl groups is 1. The van der Waals surface area contributed by atoms with Gasteiger partial charge in [-0.25, -0.2) is 4.79 Å². The van der Waals surface area contributed by atoms with Crippen molar-refractivity contribution in [2.24, 2.45) is 0 Å². The number of carboxylic acid groups (broad SMARTS) is 1. The fourth-order valence-corrected chi connectivity index (χ4v) is 4.95. The van der Waals surface area contributed by atoms with Crippen LogP contribution >= 0.6 is 35.7 Å². The lowest BCUT2D eigenvalue weighted by Gasteiger charge is -2.41. The third-order valence-corrected chi connectivity index (χ3v) is 4.77. The molecule has 18 heavy (non-hydrogen) atoms. The van der Waals surface area contributed by atoms with Crippen molar-refractivity contribution in [3.8, 4) is 0 Å². The predicted molar refractivity (Wildman–Crippen MR) is 76.4 cm³/mol. The molecular formula is C10H15NO4S3. The Morgan fingerprint density at radius 1 is 1.56 bits per heavy atom. The lowest BCUT2D eigenvalue weighted by atomic mass is 10.2. The molecule has 0 aromatic rings. The Hall–Kier alpha value is -0.310. The number of thioether (sulfide) groups is 2. The Labute approximate surface area is 119 Å². The fraction of sp³-hybridized carbons (Fsp3) is 0.700. The molecule has 0 aromatic heterocycles. The minimum Gasteiger partial charge on any atom is -0.478 e. The number of nitrogens with zero attached hydrogens (tertiary/aromatic N) is 1. The van der Waals surface area contributed by atoms with Crippen molar-refractivity contribution in [3.05, 3.63) is 0 Å². The van der Waals surface area contributed by atoms with Crippen LogP contribution in [-0.2, 0) is 9.59 Å². The van der Waals surface area contributed by atoms with Crippen LogP contribution in [0.4, 0.5) is 0 Å². The number of carbonyl (C=O) groups excluding carboxylic acids is 1. The second-order valence-electron chi connectivity index (χ2n) is 4.75.